The molecule has 7 heteroatoms. The summed E-state index contributed by atoms with van der Waals surface area (Å²) in [6.07, 6.45) is 1.38. The van der Waals surface area contributed by atoms with Gasteiger partial charge in [0.2, 0.25) is 5.91 Å². The van der Waals surface area contributed by atoms with Crippen LogP contribution in [-0.2, 0) is 11.2 Å². The molecule has 0 aliphatic carbocycles. The Hall–Kier alpha value is -1.85. The molecular weight excluding hydrogens is 393 g/mol. The van der Waals surface area contributed by atoms with E-state index in [1.165, 1.54) is 12.1 Å². The first kappa shape index (κ1) is 19.9. The SMILES string of the molecule is CCNc1cc(Cl)c(N2CC(Cc3ccc(F)cc3F)CCC2=O)c(Cl)c1. The van der Waals surface area contributed by atoms with Crippen LogP contribution in [0, 0.1) is 17.6 Å². The number of halogens is 4. The van der Waals surface area contributed by atoms with E-state index in [2.05, 4.69) is 5.32 Å². The molecule has 2 aromatic carbocycles. The summed E-state index contributed by atoms with van der Waals surface area (Å²) in [6.45, 7) is 3.07. The van der Waals surface area contributed by atoms with Gasteiger partial charge in [0.15, 0.2) is 0 Å². The van der Waals surface area contributed by atoms with Crippen molar-refractivity contribution in [2.75, 3.05) is 23.3 Å². The molecule has 0 saturated carbocycles. The fourth-order valence-corrected chi connectivity index (χ4v) is 4.12. The van der Waals surface area contributed by atoms with Gasteiger partial charge in [-0.3, -0.25) is 4.79 Å². The van der Waals surface area contributed by atoms with E-state index in [4.69, 9.17) is 23.2 Å². The molecule has 27 heavy (non-hydrogen) atoms. The van der Waals surface area contributed by atoms with Gasteiger partial charge in [-0.15, -0.1) is 0 Å². The molecule has 0 radical (unpaired) electrons. The third-order valence-electron chi connectivity index (χ3n) is 4.70. The van der Waals surface area contributed by atoms with Gasteiger partial charge in [-0.05, 0) is 49.4 Å². The lowest BCUT2D eigenvalue weighted by molar-refractivity contribution is -0.120. The highest BCUT2D eigenvalue weighted by Gasteiger charge is 2.30. The number of benzene rings is 2. The van der Waals surface area contributed by atoms with Gasteiger partial charge in [0.05, 0.1) is 15.7 Å². The van der Waals surface area contributed by atoms with Gasteiger partial charge in [0, 0.05) is 31.3 Å². The van der Waals surface area contributed by atoms with Crippen LogP contribution in [0.25, 0.3) is 0 Å². The Morgan fingerprint density at radius 2 is 1.89 bits per heavy atom. The van der Waals surface area contributed by atoms with E-state index in [1.54, 1.807) is 17.0 Å². The summed E-state index contributed by atoms with van der Waals surface area (Å²) >= 11 is 12.8. The first-order valence-corrected chi connectivity index (χ1v) is 9.61. The number of nitrogens with zero attached hydrogens (tertiary/aromatic N) is 1. The molecule has 1 aliphatic heterocycles. The topological polar surface area (TPSA) is 32.3 Å². The van der Waals surface area contributed by atoms with Gasteiger partial charge in [-0.1, -0.05) is 29.3 Å². The monoisotopic (exact) mass is 412 g/mol. The molecule has 1 N–H and O–H groups in total. The highest BCUT2D eigenvalue weighted by atomic mass is 35.5. The van der Waals surface area contributed by atoms with Crippen LogP contribution in [0.3, 0.4) is 0 Å². The van der Waals surface area contributed by atoms with Gasteiger partial charge < -0.3 is 10.2 Å². The molecule has 1 saturated heterocycles. The van der Waals surface area contributed by atoms with E-state index >= 15 is 0 Å². The maximum Gasteiger partial charge on any atom is 0.227 e. The Labute approximate surface area is 167 Å². The third kappa shape index (κ3) is 4.53. The van der Waals surface area contributed by atoms with Crippen molar-refractivity contribution in [3.63, 3.8) is 0 Å². The zero-order valence-electron chi connectivity index (χ0n) is 14.9. The largest absolute Gasteiger partial charge is 0.385 e. The van der Waals surface area contributed by atoms with Crippen molar-refractivity contribution in [1.82, 2.24) is 0 Å². The predicted molar refractivity (Wildman–Crippen MR) is 106 cm³/mol. The molecule has 1 fully saturated rings. The number of nitrogens with one attached hydrogen (secondary N) is 1. The number of hydrogen-bond acceptors (Lipinski definition) is 2. The fraction of sp³-hybridized carbons (Fsp3) is 0.350. The summed E-state index contributed by atoms with van der Waals surface area (Å²) < 4.78 is 27.1. The van der Waals surface area contributed by atoms with Crippen LogP contribution < -0.4 is 10.2 Å². The minimum Gasteiger partial charge on any atom is -0.385 e. The second kappa shape index (κ2) is 8.44. The number of hydrogen-bond donors (Lipinski definition) is 1. The van der Waals surface area contributed by atoms with Gasteiger partial charge >= 0.3 is 0 Å². The second-order valence-electron chi connectivity index (χ2n) is 6.67. The lowest BCUT2D eigenvalue weighted by Crippen LogP contribution is -2.41. The van der Waals surface area contributed by atoms with Crippen molar-refractivity contribution in [2.24, 2.45) is 5.92 Å². The molecule has 0 spiro atoms. The lowest BCUT2D eigenvalue weighted by atomic mass is 9.90. The molecule has 1 unspecified atom stereocenters. The number of anilines is 2. The summed E-state index contributed by atoms with van der Waals surface area (Å²) in [6, 6.07) is 7.06. The smallest absolute Gasteiger partial charge is 0.227 e. The third-order valence-corrected chi connectivity index (χ3v) is 5.28. The van der Waals surface area contributed by atoms with E-state index in [9.17, 15) is 13.6 Å². The molecule has 0 aromatic heterocycles. The molecule has 3 rings (SSSR count). The minimum atomic E-state index is -0.601. The molecule has 144 valence electrons. The number of piperidine rings is 1. The summed E-state index contributed by atoms with van der Waals surface area (Å²) in [4.78, 5) is 14.1. The first-order chi connectivity index (χ1) is 12.9. The molecule has 2 aromatic rings. The Morgan fingerprint density at radius 1 is 1.19 bits per heavy atom. The van der Waals surface area contributed by atoms with E-state index in [0.717, 1.165) is 18.3 Å². The molecular formula is C20H20Cl2F2N2O. The first-order valence-electron chi connectivity index (χ1n) is 8.86. The van der Waals surface area contributed by atoms with Crippen LogP contribution in [0.15, 0.2) is 30.3 Å². The van der Waals surface area contributed by atoms with Gasteiger partial charge in [0.1, 0.15) is 11.6 Å². The number of amides is 1. The van der Waals surface area contributed by atoms with Crippen molar-refractivity contribution < 1.29 is 13.6 Å². The van der Waals surface area contributed by atoms with Gasteiger partial charge in [-0.2, -0.15) is 0 Å². The maximum absolute atomic E-state index is 14.0. The van der Waals surface area contributed by atoms with E-state index < -0.39 is 11.6 Å². The Kier molecular flexibility index (Phi) is 6.22. The molecule has 3 nitrogen and oxygen atoms in total. The molecule has 1 amide bonds. The van der Waals surface area contributed by atoms with Crippen molar-refractivity contribution in [3.8, 4) is 0 Å². The lowest BCUT2D eigenvalue weighted by Gasteiger charge is -2.34. The summed E-state index contributed by atoms with van der Waals surface area (Å²) in [5.74, 6) is -1.20. The zero-order valence-corrected chi connectivity index (χ0v) is 16.4. The van der Waals surface area contributed by atoms with Crippen LogP contribution in [0.2, 0.25) is 10.0 Å². The van der Waals surface area contributed by atoms with Crippen LogP contribution in [0.4, 0.5) is 20.2 Å². The van der Waals surface area contributed by atoms with Crippen molar-refractivity contribution in [3.05, 3.63) is 57.6 Å². The standard InChI is InChI=1S/C20H20Cl2F2N2O/c1-2-25-15-9-16(21)20(17(22)10-15)26-11-12(3-6-19(26)27)7-13-4-5-14(23)8-18(13)24/h4-5,8-10,12,25H,2-3,6-7,11H2,1H3. The highest BCUT2D eigenvalue weighted by molar-refractivity contribution is 6.40. The van der Waals surface area contributed by atoms with Gasteiger partial charge in [0.25, 0.3) is 0 Å². The highest BCUT2D eigenvalue weighted by Crippen LogP contribution is 2.39. The quantitative estimate of drug-likeness (QED) is 0.683. The van der Waals surface area contributed by atoms with Crippen LogP contribution in [0.5, 0.6) is 0 Å². The number of carbonyl (C=O) groups is 1. The number of rotatable bonds is 5. The Balaban J connectivity index is 1.82. The van der Waals surface area contributed by atoms with Crippen molar-refractivity contribution in [1.29, 1.82) is 0 Å². The fourth-order valence-electron chi connectivity index (χ4n) is 3.42. The van der Waals surface area contributed by atoms with Crippen LogP contribution >= 0.6 is 23.2 Å². The van der Waals surface area contributed by atoms with Crippen LogP contribution in [-0.4, -0.2) is 19.0 Å². The van der Waals surface area contributed by atoms with E-state index in [1.807, 2.05) is 6.92 Å². The Bertz CT molecular complexity index is 837. The normalized spacial score (nSPS) is 17.3. The maximum atomic E-state index is 14.0. The summed E-state index contributed by atoms with van der Waals surface area (Å²) in [7, 11) is 0. The molecule has 1 heterocycles. The van der Waals surface area contributed by atoms with Crippen molar-refractivity contribution in [2.45, 2.75) is 26.2 Å². The zero-order chi connectivity index (χ0) is 19.6. The average Bonchev–Trinajstić information content (AvgIpc) is 2.59. The predicted octanol–water partition coefficient (Wildman–Crippen LogP) is 5.69. The second-order valence-corrected chi connectivity index (χ2v) is 7.48. The number of carbonyl (C=O) groups excluding carboxylic acids is 1. The Morgan fingerprint density at radius 3 is 2.52 bits per heavy atom. The summed E-state index contributed by atoms with van der Waals surface area (Å²) in [5, 5.41) is 3.92. The average molecular weight is 413 g/mol. The molecule has 1 aliphatic rings. The van der Waals surface area contributed by atoms with Crippen LogP contribution in [0.1, 0.15) is 25.3 Å². The van der Waals surface area contributed by atoms with E-state index in [-0.39, 0.29) is 11.8 Å². The van der Waals surface area contributed by atoms with Crippen molar-refractivity contribution >= 4 is 40.5 Å². The molecule has 0 bridgehead atoms. The summed E-state index contributed by atoms with van der Waals surface area (Å²) in [5.41, 5.74) is 1.70. The van der Waals surface area contributed by atoms with Gasteiger partial charge in [-0.25, -0.2) is 8.78 Å². The van der Waals surface area contributed by atoms with E-state index in [0.29, 0.717) is 47.1 Å². The molecule has 1 atom stereocenters. The minimum absolute atomic E-state index is 0.0308.